The third-order valence-corrected chi connectivity index (χ3v) is 4.72. The van der Waals surface area contributed by atoms with Crippen molar-refractivity contribution in [3.05, 3.63) is 71.6 Å². The predicted molar refractivity (Wildman–Crippen MR) is 97.3 cm³/mol. The van der Waals surface area contributed by atoms with Gasteiger partial charge in [0.2, 0.25) is 0 Å². The maximum Gasteiger partial charge on any atom is 0.140 e. The van der Waals surface area contributed by atoms with Crippen molar-refractivity contribution < 1.29 is 0 Å². The van der Waals surface area contributed by atoms with Crippen LogP contribution in [0.25, 0.3) is 10.2 Å². The molecule has 0 spiro atoms. The molecule has 0 aliphatic rings. The Morgan fingerprint density at radius 1 is 1.08 bits per heavy atom. The highest BCUT2D eigenvalue weighted by Crippen LogP contribution is 2.26. The summed E-state index contributed by atoms with van der Waals surface area (Å²) in [7, 11) is 2.05. The molecule has 6 heteroatoms. The van der Waals surface area contributed by atoms with Gasteiger partial charge in [-0.25, -0.2) is 9.97 Å². The number of thiophene rings is 1. The first-order valence-electron chi connectivity index (χ1n) is 7.74. The van der Waals surface area contributed by atoms with Gasteiger partial charge in [-0.2, -0.15) is 5.10 Å². The number of hydrogen-bond donors (Lipinski definition) is 0. The molecular weight excluding hydrogens is 318 g/mol. The highest BCUT2D eigenvalue weighted by molar-refractivity contribution is 7.16. The number of hydrogen-bond acceptors (Lipinski definition) is 5. The largest absolute Gasteiger partial charge is 0.355 e. The van der Waals surface area contributed by atoms with Crippen molar-refractivity contribution in [3.63, 3.8) is 0 Å². The molecule has 3 aromatic heterocycles. The Labute approximate surface area is 144 Å². The average molecular weight is 335 g/mol. The zero-order valence-corrected chi connectivity index (χ0v) is 14.1. The van der Waals surface area contributed by atoms with Crippen molar-refractivity contribution in [3.8, 4) is 0 Å². The lowest BCUT2D eigenvalue weighted by Gasteiger charge is -2.17. The molecule has 0 saturated carbocycles. The Bertz CT molecular complexity index is 944. The second-order valence-electron chi connectivity index (χ2n) is 5.72. The van der Waals surface area contributed by atoms with Crippen LogP contribution in [-0.4, -0.2) is 26.8 Å². The molecule has 4 aromatic rings. The van der Waals surface area contributed by atoms with Gasteiger partial charge in [0.1, 0.15) is 17.0 Å². The number of anilines is 1. The molecule has 120 valence electrons. The monoisotopic (exact) mass is 335 g/mol. The van der Waals surface area contributed by atoms with Gasteiger partial charge in [0.05, 0.1) is 18.1 Å². The second kappa shape index (κ2) is 6.41. The summed E-state index contributed by atoms with van der Waals surface area (Å²) in [6.45, 7) is 1.55. The van der Waals surface area contributed by atoms with Crippen LogP contribution in [0.1, 0.15) is 11.1 Å². The van der Waals surface area contributed by atoms with Gasteiger partial charge >= 0.3 is 0 Å². The summed E-state index contributed by atoms with van der Waals surface area (Å²) in [6.07, 6.45) is 5.64. The highest BCUT2D eigenvalue weighted by atomic mass is 32.1. The van der Waals surface area contributed by atoms with E-state index < -0.39 is 0 Å². The number of rotatable bonds is 5. The van der Waals surface area contributed by atoms with Crippen LogP contribution in [0.4, 0.5) is 5.82 Å². The summed E-state index contributed by atoms with van der Waals surface area (Å²) in [5, 5.41) is 7.62. The van der Waals surface area contributed by atoms with E-state index >= 15 is 0 Å². The van der Waals surface area contributed by atoms with Gasteiger partial charge in [0.25, 0.3) is 0 Å². The lowest BCUT2D eigenvalue weighted by Crippen LogP contribution is -2.17. The molecule has 0 amide bonds. The van der Waals surface area contributed by atoms with E-state index in [9.17, 15) is 0 Å². The van der Waals surface area contributed by atoms with Crippen LogP contribution in [0.2, 0.25) is 0 Å². The first-order chi connectivity index (χ1) is 11.8. The topological polar surface area (TPSA) is 46.8 Å². The van der Waals surface area contributed by atoms with Crippen LogP contribution >= 0.6 is 11.3 Å². The van der Waals surface area contributed by atoms with Crippen LogP contribution in [0.15, 0.2) is 60.5 Å². The minimum Gasteiger partial charge on any atom is -0.355 e. The van der Waals surface area contributed by atoms with Crippen LogP contribution in [-0.2, 0) is 13.1 Å². The van der Waals surface area contributed by atoms with Crippen molar-refractivity contribution in [2.75, 3.05) is 11.9 Å². The summed E-state index contributed by atoms with van der Waals surface area (Å²) < 4.78 is 1.97. The Hall–Kier alpha value is -2.73. The fraction of sp³-hybridized carbons (Fsp3) is 0.167. The second-order valence-corrected chi connectivity index (χ2v) is 6.62. The molecule has 5 nitrogen and oxygen atoms in total. The molecule has 0 fully saturated rings. The van der Waals surface area contributed by atoms with Gasteiger partial charge in [-0.05, 0) is 17.0 Å². The van der Waals surface area contributed by atoms with Crippen molar-refractivity contribution in [2.24, 2.45) is 0 Å². The lowest BCUT2D eigenvalue weighted by atomic mass is 10.2. The van der Waals surface area contributed by atoms with Crippen LogP contribution in [0, 0.1) is 0 Å². The number of nitrogens with zero attached hydrogens (tertiary/aromatic N) is 5. The smallest absolute Gasteiger partial charge is 0.140 e. The van der Waals surface area contributed by atoms with E-state index in [1.165, 1.54) is 5.56 Å². The Morgan fingerprint density at radius 2 is 1.96 bits per heavy atom. The van der Waals surface area contributed by atoms with E-state index in [1.807, 2.05) is 24.0 Å². The van der Waals surface area contributed by atoms with Crippen molar-refractivity contribution in [1.82, 2.24) is 19.7 Å². The number of aromatic nitrogens is 4. The zero-order valence-electron chi connectivity index (χ0n) is 13.3. The lowest BCUT2D eigenvalue weighted by molar-refractivity contribution is 0.686. The first kappa shape index (κ1) is 14.8. The Balaban J connectivity index is 1.50. The third kappa shape index (κ3) is 3.00. The van der Waals surface area contributed by atoms with Gasteiger partial charge in [-0.1, -0.05) is 30.3 Å². The summed E-state index contributed by atoms with van der Waals surface area (Å²) in [6, 6.07) is 12.4. The van der Waals surface area contributed by atoms with E-state index in [2.05, 4.69) is 61.9 Å². The molecule has 0 bridgehead atoms. The van der Waals surface area contributed by atoms with E-state index in [4.69, 9.17) is 0 Å². The number of benzene rings is 1. The SMILES string of the molecule is CN(Cc1cnn(Cc2ccccc2)c1)c1ncnc2sccc12. The van der Waals surface area contributed by atoms with Crippen LogP contribution in [0.3, 0.4) is 0 Å². The fourth-order valence-corrected chi connectivity index (χ4v) is 3.50. The molecular formula is C18H17N5S. The molecule has 0 aliphatic heterocycles. The van der Waals surface area contributed by atoms with Crippen molar-refractivity contribution in [1.29, 1.82) is 0 Å². The normalized spacial score (nSPS) is 11.0. The quantitative estimate of drug-likeness (QED) is 0.559. The minimum atomic E-state index is 0.761. The summed E-state index contributed by atoms with van der Waals surface area (Å²) in [5.41, 5.74) is 2.41. The molecule has 24 heavy (non-hydrogen) atoms. The van der Waals surface area contributed by atoms with Gasteiger partial charge in [-0.15, -0.1) is 11.3 Å². The predicted octanol–water partition coefficient (Wildman–Crippen LogP) is 3.57. The molecule has 4 rings (SSSR count). The van der Waals surface area contributed by atoms with E-state index in [0.717, 1.165) is 34.7 Å². The van der Waals surface area contributed by atoms with E-state index in [0.29, 0.717) is 0 Å². The summed E-state index contributed by atoms with van der Waals surface area (Å²) in [5.74, 6) is 0.956. The molecule has 0 N–H and O–H groups in total. The molecule has 1 aromatic carbocycles. The molecule has 0 unspecified atom stereocenters. The maximum absolute atomic E-state index is 4.47. The summed E-state index contributed by atoms with van der Waals surface area (Å²) in [4.78, 5) is 11.9. The highest BCUT2D eigenvalue weighted by Gasteiger charge is 2.11. The Morgan fingerprint density at radius 3 is 2.83 bits per heavy atom. The maximum atomic E-state index is 4.47. The van der Waals surface area contributed by atoms with Crippen LogP contribution < -0.4 is 4.90 Å². The summed E-state index contributed by atoms with van der Waals surface area (Å²) >= 11 is 1.64. The van der Waals surface area contributed by atoms with Crippen molar-refractivity contribution in [2.45, 2.75) is 13.1 Å². The average Bonchev–Trinajstić information content (AvgIpc) is 3.24. The number of fused-ring (bicyclic) bond motifs is 1. The molecule has 0 saturated heterocycles. The van der Waals surface area contributed by atoms with Gasteiger partial charge in [0, 0.05) is 25.4 Å². The molecule has 0 atom stereocenters. The molecule has 3 heterocycles. The standard InChI is InChI=1S/C18H17N5S/c1-22(17-16-7-8-24-18(16)20-13-19-17)10-15-9-21-23(12-15)11-14-5-3-2-4-6-14/h2-9,12-13H,10-11H2,1H3. The Kier molecular flexibility index (Phi) is 3.96. The molecule has 0 radical (unpaired) electrons. The fourth-order valence-electron chi connectivity index (χ4n) is 2.77. The third-order valence-electron chi connectivity index (χ3n) is 3.90. The van der Waals surface area contributed by atoms with Gasteiger partial charge < -0.3 is 4.90 Å². The van der Waals surface area contributed by atoms with Crippen LogP contribution in [0.5, 0.6) is 0 Å². The van der Waals surface area contributed by atoms with Gasteiger partial charge in [-0.3, -0.25) is 4.68 Å². The van der Waals surface area contributed by atoms with E-state index in [1.54, 1.807) is 17.7 Å². The molecule has 0 aliphatic carbocycles. The first-order valence-corrected chi connectivity index (χ1v) is 8.62. The van der Waals surface area contributed by atoms with E-state index in [-0.39, 0.29) is 0 Å². The minimum absolute atomic E-state index is 0.761. The zero-order chi connectivity index (χ0) is 16.4. The van der Waals surface area contributed by atoms with Crippen molar-refractivity contribution >= 4 is 27.4 Å². The van der Waals surface area contributed by atoms with Gasteiger partial charge in [0.15, 0.2) is 0 Å².